The fourth-order valence-corrected chi connectivity index (χ4v) is 6.88. The van der Waals surface area contributed by atoms with Crippen molar-refractivity contribution in [3.8, 4) is 0 Å². The summed E-state index contributed by atoms with van der Waals surface area (Å²) in [6, 6.07) is 0.0881. The van der Waals surface area contributed by atoms with Crippen molar-refractivity contribution < 1.29 is 37.6 Å². The largest absolute Gasteiger partial charge is 0.493 e. The molecule has 0 aromatic rings. The lowest BCUT2D eigenvalue weighted by Crippen LogP contribution is -2.71. The summed E-state index contributed by atoms with van der Waals surface area (Å²) in [5.41, 5.74) is -0.330. The summed E-state index contributed by atoms with van der Waals surface area (Å²) in [5.74, 6) is 1.87. The number of carbonyl (C=O) groups is 1. The van der Waals surface area contributed by atoms with Gasteiger partial charge in [-0.15, -0.1) is 0 Å². The average molecular weight is 410 g/mol. The smallest absolute Gasteiger partial charge is 0.474 e. The molecule has 0 aromatic heterocycles. The fourth-order valence-electron chi connectivity index (χ4n) is 6.47. The number of rotatable bonds is 4. The predicted octanol–water partition coefficient (Wildman–Crippen LogP) is 1.48. The van der Waals surface area contributed by atoms with Crippen molar-refractivity contribution in [3.05, 3.63) is 35.8 Å². The van der Waals surface area contributed by atoms with Crippen LogP contribution >= 0.6 is 7.82 Å². The zero-order valence-corrected chi connectivity index (χ0v) is 16.7. The molecule has 9 heteroatoms. The molecule has 2 saturated heterocycles. The summed E-state index contributed by atoms with van der Waals surface area (Å²) < 4.78 is 28.5. The summed E-state index contributed by atoms with van der Waals surface area (Å²) in [6.07, 6.45) is 8.74. The Morgan fingerprint density at radius 1 is 1.36 bits per heavy atom. The van der Waals surface area contributed by atoms with E-state index in [0.29, 0.717) is 16.8 Å². The van der Waals surface area contributed by atoms with Crippen LogP contribution in [0, 0.1) is 23.2 Å². The molecule has 0 aromatic carbocycles. The highest BCUT2D eigenvalue weighted by Gasteiger charge is 2.72. The van der Waals surface area contributed by atoms with E-state index < -0.39 is 13.9 Å². The summed E-state index contributed by atoms with van der Waals surface area (Å²) in [6.45, 7) is 0.618. The van der Waals surface area contributed by atoms with Gasteiger partial charge >= 0.3 is 7.82 Å². The number of phosphoric acid groups is 1. The number of phosphoric ester groups is 1. The number of nitrogens with zero attached hydrogens (tertiary/aromatic N) is 1. The van der Waals surface area contributed by atoms with Gasteiger partial charge in [-0.1, -0.05) is 12.2 Å². The molecule has 5 aliphatic rings. The fraction of sp³-hybridized carbons (Fsp3) is 0.632. The van der Waals surface area contributed by atoms with Crippen molar-refractivity contribution in [2.45, 2.75) is 25.0 Å². The molecular formula is C19H25NO7P+. The molecular weight excluding hydrogens is 385 g/mol. The van der Waals surface area contributed by atoms with Crippen molar-refractivity contribution in [1.29, 1.82) is 0 Å². The van der Waals surface area contributed by atoms with Gasteiger partial charge in [-0.3, -0.25) is 4.79 Å². The molecule has 1 spiro atoms. The van der Waals surface area contributed by atoms with Gasteiger partial charge in [0.25, 0.3) is 0 Å². The Morgan fingerprint density at radius 3 is 2.86 bits per heavy atom. The molecule has 28 heavy (non-hydrogen) atoms. The Labute approximate surface area is 163 Å². The molecule has 3 fully saturated rings. The number of ketones is 1. The van der Waals surface area contributed by atoms with Gasteiger partial charge in [-0.25, -0.2) is 9.09 Å². The highest BCUT2D eigenvalue weighted by atomic mass is 31.2. The summed E-state index contributed by atoms with van der Waals surface area (Å²) in [4.78, 5) is 31.2. The number of hydrogen-bond acceptors (Lipinski definition) is 5. The maximum Gasteiger partial charge on any atom is 0.474 e. The molecule has 3 aliphatic carbocycles. The molecule has 2 aliphatic heterocycles. The predicted molar refractivity (Wildman–Crippen MR) is 97.2 cm³/mol. The van der Waals surface area contributed by atoms with Crippen molar-refractivity contribution in [3.63, 3.8) is 0 Å². The van der Waals surface area contributed by atoms with Crippen LogP contribution in [0.4, 0.5) is 0 Å². The van der Waals surface area contributed by atoms with Crippen molar-refractivity contribution in [2.75, 3.05) is 27.4 Å². The van der Waals surface area contributed by atoms with E-state index in [9.17, 15) is 19.1 Å². The van der Waals surface area contributed by atoms with Crippen LogP contribution in [-0.2, 0) is 23.4 Å². The van der Waals surface area contributed by atoms with Gasteiger partial charge in [0.1, 0.15) is 5.76 Å². The van der Waals surface area contributed by atoms with Gasteiger partial charge in [-0.05, 0) is 18.1 Å². The summed E-state index contributed by atoms with van der Waals surface area (Å²) >= 11 is 0. The van der Waals surface area contributed by atoms with Crippen LogP contribution in [0.2, 0.25) is 0 Å². The number of piperidine rings is 1. The zero-order chi connectivity index (χ0) is 19.9. The molecule has 1 saturated carbocycles. The minimum Gasteiger partial charge on any atom is -0.493 e. The second kappa shape index (κ2) is 5.80. The molecule has 8 nitrogen and oxygen atoms in total. The van der Waals surface area contributed by atoms with E-state index in [1.54, 1.807) is 13.2 Å². The molecule has 0 radical (unpaired) electrons. The van der Waals surface area contributed by atoms with E-state index >= 15 is 0 Å². The van der Waals surface area contributed by atoms with E-state index in [2.05, 4.69) is 6.08 Å². The van der Waals surface area contributed by atoms with E-state index in [1.165, 1.54) is 0 Å². The zero-order valence-electron chi connectivity index (χ0n) is 15.9. The van der Waals surface area contributed by atoms with E-state index in [4.69, 9.17) is 14.0 Å². The monoisotopic (exact) mass is 410 g/mol. The molecule has 0 amide bonds. The first-order valence-corrected chi connectivity index (χ1v) is 11.1. The molecule has 3 unspecified atom stereocenters. The Hall–Kier alpha value is -1.44. The highest BCUT2D eigenvalue weighted by molar-refractivity contribution is 7.46. The second-order valence-corrected chi connectivity index (χ2v) is 10.1. The number of quaternary nitrogens is 1. The lowest BCUT2D eigenvalue weighted by Gasteiger charge is -2.61. The Kier molecular flexibility index (Phi) is 3.85. The van der Waals surface area contributed by atoms with Gasteiger partial charge in [-0.2, -0.15) is 0 Å². The van der Waals surface area contributed by atoms with Gasteiger partial charge < -0.3 is 23.7 Å². The van der Waals surface area contributed by atoms with Gasteiger partial charge in [0.2, 0.25) is 0 Å². The Morgan fingerprint density at radius 2 is 2.14 bits per heavy atom. The Bertz CT molecular complexity index is 876. The number of ether oxygens (including phenoxy) is 2. The number of hydrogen-bond donors (Lipinski definition) is 2. The molecule has 2 heterocycles. The van der Waals surface area contributed by atoms with Crippen LogP contribution in [-0.4, -0.2) is 59.6 Å². The minimum absolute atomic E-state index is 0.00410. The molecule has 152 valence electrons. The molecule has 2 bridgehead atoms. The summed E-state index contributed by atoms with van der Waals surface area (Å²) in [5, 5.41) is 0. The molecule has 2 N–H and O–H groups in total. The maximum absolute atomic E-state index is 12.8. The average Bonchev–Trinajstić information content (AvgIpc) is 3.00. The van der Waals surface area contributed by atoms with Crippen LogP contribution in [0.5, 0.6) is 0 Å². The van der Waals surface area contributed by atoms with Gasteiger partial charge in [0, 0.05) is 30.1 Å². The lowest BCUT2D eigenvalue weighted by molar-refractivity contribution is -0.960. The SMILES string of the molecule is COC1=C2O[C@H]3C(=O)C=C[C@H]4[C@H]5CC(C=C1)C2[C@@]34CC[N+]5(C)COP(=O)(O)O. The van der Waals surface area contributed by atoms with Crippen LogP contribution in [0.25, 0.3) is 0 Å². The number of allylic oxidation sites excluding steroid dienone is 3. The van der Waals surface area contributed by atoms with Crippen LogP contribution < -0.4 is 0 Å². The number of methoxy groups -OCH3 is 1. The third kappa shape index (κ3) is 2.33. The van der Waals surface area contributed by atoms with E-state index in [1.807, 2.05) is 19.2 Å². The van der Waals surface area contributed by atoms with Gasteiger partial charge in [0.15, 0.2) is 24.4 Å². The second-order valence-electron chi connectivity index (χ2n) is 8.84. The lowest BCUT2D eigenvalue weighted by atomic mass is 9.47. The van der Waals surface area contributed by atoms with E-state index in [0.717, 1.165) is 18.6 Å². The normalized spacial score (nSPS) is 45.7. The summed E-state index contributed by atoms with van der Waals surface area (Å²) in [7, 11) is -0.942. The highest BCUT2D eigenvalue weighted by Crippen LogP contribution is 2.67. The minimum atomic E-state index is -4.55. The third-order valence-electron chi connectivity index (χ3n) is 7.63. The third-order valence-corrected chi connectivity index (χ3v) is 8.08. The van der Waals surface area contributed by atoms with Crippen LogP contribution in [0.3, 0.4) is 0 Å². The first-order chi connectivity index (χ1) is 13.2. The quantitative estimate of drug-likeness (QED) is 0.535. The van der Waals surface area contributed by atoms with Gasteiger partial charge in [0.05, 0.1) is 26.7 Å². The first-order valence-electron chi connectivity index (χ1n) is 9.59. The van der Waals surface area contributed by atoms with Crippen molar-refractivity contribution in [2.24, 2.45) is 23.2 Å². The van der Waals surface area contributed by atoms with Crippen molar-refractivity contribution >= 4 is 13.6 Å². The number of carbonyl (C=O) groups excluding carboxylic acids is 1. The topological polar surface area (TPSA) is 102 Å². The molecule has 7 atom stereocenters. The van der Waals surface area contributed by atoms with Crippen molar-refractivity contribution in [1.82, 2.24) is 0 Å². The first kappa shape index (κ1) is 18.6. The van der Waals surface area contributed by atoms with Crippen LogP contribution in [0.15, 0.2) is 35.8 Å². The maximum atomic E-state index is 12.8. The molecule has 5 rings (SSSR count). The van der Waals surface area contributed by atoms with Crippen LogP contribution in [0.1, 0.15) is 12.8 Å². The standard InChI is InChI=1S/C19H24NO7P/c1-20(10-26-28(22,23)24)8-7-19-12-4-5-14(21)18(19)27-17-15(25-2)6-3-11(16(17)19)9-13(12)20/h3-6,11-13,16,18H,7-10H2,1-2H3,(H-,22,23,24)/p+1/t11?,12-,13+,16?,18-,19-,20?/m0/s1. The van der Waals surface area contributed by atoms with E-state index in [-0.39, 0.29) is 41.7 Å². The Balaban J connectivity index is 1.60. The number of likely N-dealkylation sites (tertiary alicyclic amines) is 1.